The van der Waals surface area contributed by atoms with E-state index in [2.05, 4.69) is 10.1 Å². The van der Waals surface area contributed by atoms with Gasteiger partial charge in [-0.15, -0.1) is 0 Å². The summed E-state index contributed by atoms with van der Waals surface area (Å²) >= 11 is 0. The molecule has 1 saturated heterocycles. The van der Waals surface area contributed by atoms with Gasteiger partial charge in [0.2, 0.25) is 0 Å². The lowest BCUT2D eigenvalue weighted by molar-refractivity contribution is -0.384. The lowest BCUT2D eigenvalue weighted by atomic mass is 10.1. The summed E-state index contributed by atoms with van der Waals surface area (Å²) in [5.41, 5.74) is -0.534. The summed E-state index contributed by atoms with van der Waals surface area (Å²) < 4.78 is 19.5. The summed E-state index contributed by atoms with van der Waals surface area (Å²) in [7, 11) is 1.24. The molecule has 3 rings (SSSR count). The SMILES string of the molecule is COC(=O)c1ccc(Nc2c([N+](=O)[O-])ccc(C(=O)N3CCC3)c2F)cc1. The normalized spacial score (nSPS) is 12.9. The van der Waals surface area contributed by atoms with E-state index in [0.717, 1.165) is 18.6 Å². The van der Waals surface area contributed by atoms with Gasteiger partial charge >= 0.3 is 5.97 Å². The summed E-state index contributed by atoms with van der Waals surface area (Å²) in [6.07, 6.45) is 0.845. The zero-order valence-corrected chi connectivity index (χ0v) is 14.4. The first kappa shape index (κ1) is 18.3. The van der Waals surface area contributed by atoms with Crippen LogP contribution in [0.2, 0.25) is 0 Å². The van der Waals surface area contributed by atoms with Crippen molar-refractivity contribution in [2.24, 2.45) is 0 Å². The number of nitro groups is 1. The number of anilines is 2. The molecule has 1 fully saturated rings. The summed E-state index contributed by atoms with van der Waals surface area (Å²) in [6.45, 7) is 1.07. The van der Waals surface area contributed by atoms with Crippen LogP contribution in [0.25, 0.3) is 0 Å². The molecule has 140 valence electrons. The maximum absolute atomic E-state index is 14.9. The Hall–Kier alpha value is -3.49. The number of nitrogens with one attached hydrogen (secondary N) is 1. The van der Waals surface area contributed by atoms with Crippen molar-refractivity contribution >= 4 is 28.9 Å². The van der Waals surface area contributed by atoms with Gasteiger partial charge in [-0.25, -0.2) is 9.18 Å². The first-order valence-corrected chi connectivity index (χ1v) is 8.14. The Bertz CT molecular complexity index is 910. The Morgan fingerprint density at radius 1 is 1.19 bits per heavy atom. The average Bonchev–Trinajstić information content (AvgIpc) is 2.61. The van der Waals surface area contributed by atoms with Crippen molar-refractivity contribution in [2.45, 2.75) is 6.42 Å². The number of benzene rings is 2. The molecule has 0 aromatic heterocycles. The van der Waals surface area contributed by atoms with E-state index in [-0.39, 0.29) is 11.1 Å². The summed E-state index contributed by atoms with van der Waals surface area (Å²) in [4.78, 5) is 35.8. The lowest BCUT2D eigenvalue weighted by Gasteiger charge is -2.31. The third-order valence-electron chi connectivity index (χ3n) is 4.27. The monoisotopic (exact) mass is 373 g/mol. The molecule has 0 aliphatic carbocycles. The third kappa shape index (κ3) is 3.57. The van der Waals surface area contributed by atoms with E-state index in [1.165, 1.54) is 36.3 Å². The summed E-state index contributed by atoms with van der Waals surface area (Å²) in [5.74, 6) is -2.03. The van der Waals surface area contributed by atoms with Gasteiger partial charge in [-0.05, 0) is 36.8 Å². The molecule has 27 heavy (non-hydrogen) atoms. The average molecular weight is 373 g/mol. The molecule has 1 aliphatic heterocycles. The third-order valence-corrected chi connectivity index (χ3v) is 4.27. The molecule has 1 heterocycles. The van der Waals surface area contributed by atoms with Gasteiger partial charge in [0.15, 0.2) is 11.5 Å². The van der Waals surface area contributed by atoms with Crippen LogP contribution in [0, 0.1) is 15.9 Å². The van der Waals surface area contributed by atoms with Crippen LogP contribution in [-0.2, 0) is 4.74 Å². The van der Waals surface area contributed by atoms with Crippen LogP contribution < -0.4 is 5.32 Å². The molecule has 0 bridgehead atoms. The van der Waals surface area contributed by atoms with E-state index in [1.54, 1.807) is 0 Å². The zero-order valence-electron chi connectivity index (χ0n) is 14.4. The number of ether oxygens (including phenoxy) is 1. The Labute approximate surface area is 153 Å². The number of hydrogen-bond donors (Lipinski definition) is 1. The minimum Gasteiger partial charge on any atom is -0.465 e. The molecule has 9 heteroatoms. The zero-order chi connectivity index (χ0) is 19.6. The number of hydrogen-bond acceptors (Lipinski definition) is 6. The molecule has 0 spiro atoms. The standard InChI is InChI=1S/C18H16FN3O5/c1-27-18(24)11-3-5-12(6-4-11)20-16-14(22(25)26)8-7-13(15(16)19)17(23)21-9-2-10-21/h3-8,20H,2,9-10H2,1H3. The molecule has 1 N–H and O–H groups in total. The Morgan fingerprint density at radius 2 is 1.85 bits per heavy atom. The first-order chi connectivity index (χ1) is 12.9. The van der Waals surface area contributed by atoms with Crippen molar-refractivity contribution < 1.29 is 23.6 Å². The van der Waals surface area contributed by atoms with Gasteiger partial charge in [0.05, 0.1) is 23.2 Å². The highest BCUT2D eigenvalue weighted by molar-refractivity contribution is 5.97. The molecule has 0 atom stereocenters. The van der Waals surface area contributed by atoms with Gasteiger partial charge < -0.3 is 15.0 Å². The highest BCUT2D eigenvalue weighted by Crippen LogP contribution is 2.33. The smallest absolute Gasteiger partial charge is 0.337 e. The number of nitro benzene ring substituents is 1. The number of carbonyl (C=O) groups excluding carboxylic acids is 2. The van der Waals surface area contributed by atoms with E-state index in [4.69, 9.17) is 0 Å². The molecule has 2 aromatic rings. The largest absolute Gasteiger partial charge is 0.465 e. The fourth-order valence-electron chi connectivity index (χ4n) is 2.64. The van der Waals surface area contributed by atoms with Gasteiger partial charge in [-0.3, -0.25) is 14.9 Å². The van der Waals surface area contributed by atoms with Crippen molar-refractivity contribution in [1.82, 2.24) is 4.90 Å². The van der Waals surface area contributed by atoms with Gasteiger partial charge in [0, 0.05) is 24.8 Å². The van der Waals surface area contributed by atoms with Gasteiger partial charge in [0.25, 0.3) is 11.6 Å². The highest BCUT2D eigenvalue weighted by atomic mass is 19.1. The number of rotatable bonds is 5. The molecule has 0 unspecified atom stereocenters. The van der Waals surface area contributed by atoms with Crippen LogP contribution in [0.15, 0.2) is 36.4 Å². The topological polar surface area (TPSA) is 102 Å². The van der Waals surface area contributed by atoms with Crippen molar-refractivity contribution in [3.05, 3.63) is 63.5 Å². The number of likely N-dealkylation sites (tertiary alicyclic amines) is 1. The summed E-state index contributed by atoms with van der Waals surface area (Å²) in [5, 5.41) is 13.9. The second-order valence-corrected chi connectivity index (χ2v) is 5.92. The van der Waals surface area contributed by atoms with Crippen LogP contribution in [0.1, 0.15) is 27.1 Å². The Morgan fingerprint density at radius 3 is 2.37 bits per heavy atom. The van der Waals surface area contributed by atoms with E-state index >= 15 is 0 Å². The fraction of sp³-hybridized carbons (Fsp3) is 0.222. The minimum absolute atomic E-state index is 0.228. The maximum atomic E-state index is 14.9. The number of halogens is 1. The van der Waals surface area contributed by atoms with Crippen LogP contribution in [0.4, 0.5) is 21.5 Å². The molecular formula is C18H16FN3O5. The molecule has 8 nitrogen and oxygen atoms in total. The number of methoxy groups -OCH3 is 1. The maximum Gasteiger partial charge on any atom is 0.337 e. The molecule has 2 aromatic carbocycles. The molecule has 0 radical (unpaired) electrons. The Balaban J connectivity index is 1.95. The molecule has 1 aliphatic rings. The number of esters is 1. The Kier molecular flexibility index (Phi) is 5.02. The number of carbonyl (C=O) groups is 2. The fourth-order valence-corrected chi connectivity index (χ4v) is 2.64. The predicted octanol–water partition coefficient (Wildman–Crippen LogP) is 3.11. The lowest BCUT2D eigenvalue weighted by Crippen LogP contribution is -2.42. The van der Waals surface area contributed by atoms with Crippen molar-refractivity contribution in [2.75, 3.05) is 25.5 Å². The molecule has 1 amide bonds. The summed E-state index contributed by atoms with van der Waals surface area (Å²) in [6, 6.07) is 8.01. The van der Waals surface area contributed by atoms with E-state index in [0.29, 0.717) is 18.8 Å². The number of amides is 1. The van der Waals surface area contributed by atoms with Crippen LogP contribution in [-0.4, -0.2) is 41.9 Å². The minimum atomic E-state index is -0.988. The van der Waals surface area contributed by atoms with Crippen LogP contribution >= 0.6 is 0 Å². The van der Waals surface area contributed by atoms with Gasteiger partial charge in [-0.2, -0.15) is 0 Å². The molecular weight excluding hydrogens is 357 g/mol. The van der Waals surface area contributed by atoms with E-state index in [9.17, 15) is 24.1 Å². The second-order valence-electron chi connectivity index (χ2n) is 5.92. The van der Waals surface area contributed by atoms with Crippen molar-refractivity contribution in [1.29, 1.82) is 0 Å². The number of nitrogens with zero attached hydrogens (tertiary/aromatic N) is 2. The van der Waals surface area contributed by atoms with E-state index in [1.807, 2.05) is 0 Å². The van der Waals surface area contributed by atoms with Crippen molar-refractivity contribution in [3.8, 4) is 0 Å². The quantitative estimate of drug-likeness (QED) is 0.491. The van der Waals surface area contributed by atoms with E-state index < -0.39 is 34.0 Å². The van der Waals surface area contributed by atoms with Gasteiger partial charge in [-0.1, -0.05) is 0 Å². The van der Waals surface area contributed by atoms with Crippen LogP contribution in [0.3, 0.4) is 0 Å². The first-order valence-electron chi connectivity index (χ1n) is 8.14. The molecule has 0 saturated carbocycles. The van der Waals surface area contributed by atoms with Crippen molar-refractivity contribution in [3.63, 3.8) is 0 Å². The highest BCUT2D eigenvalue weighted by Gasteiger charge is 2.29. The van der Waals surface area contributed by atoms with Crippen LogP contribution in [0.5, 0.6) is 0 Å². The predicted molar refractivity (Wildman–Crippen MR) is 94.6 cm³/mol. The van der Waals surface area contributed by atoms with Gasteiger partial charge in [0.1, 0.15) is 0 Å². The second kappa shape index (κ2) is 7.40.